The summed E-state index contributed by atoms with van der Waals surface area (Å²) in [4.78, 5) is 0. The lowest BCUT2D eigenvalue weighted by Gasteiger charge is -2.23. The highest BCUT2D eigenvalue weighted by Gasteiger charge is 2.15. The molecule has 1 aromatic rings. The fourth-order valence-electron chi connectivity index (χ4n) is 2.47. The highest BCUT2D eigenvalue weighted by atomic mass is 16.5. The summed E-state index contributed by atoms with van der Waals surface area (Å²) in [6.07, 6.45) is 1.16. The van der Waals surface area contributed by atoms with E-state index in [9.17, 15) is 0 Å². The Hall–Kier alpha value is -1.22. The molecule has 1 N–H and O–H groups in total. The van der Waals surface area contributed by atoms with E-state index in [2.05, 4.69) is 33.0 Å². The molecule has 0 heterocycles. The van der Waals surface area contributed by atoms with Crippen LogP contribution in [0.15, 0.2) is 18.2 Å². The Labute approximate surface area is 117 Å². The van der Waals surface area contributed by atoms with Crippen molar-refractivity contribution in [2.45, 2.75) is 46.2 Å². The van der Waals surface area contributed by atoms with Gasteiger partial charge in [0.15, 0.2) is 0 Å². The van der Waals surface area contributed by atoms with Gasteiger partial charge in [-0.3, -0.25) is 0 Å². The van der Waals surface area contributed by atoms with Crippen molar-refractivity contribution < 1.29 is 9.47 Å². The summed E-state index contributed by atoms with van der Waals surface area (Å²) < 4.78 is 10.7. The van der Waals surface area contributed by atoms with E-state index in [0.717, 1.165) is 23.5 Å². The second kappa shape index (κ2) is 7.39. The largest absolute Gasteiger partial charge is 0.497 e. The van der Waals surface area contributed by atoms with Crippen LogP contribution in [0.3, 0.4) is 0 Å². The third-order valence-electron chi connectivity index (χ3n) is 3.26. The van der Waals surface area contributed by atoms with E-state index in [1.165, 1.54) is 0 Å². The van der Waals surface area contributed by atoms with Crippen LogP contribution < -0.4 is 14.8 Å². The molecule has 0 aliphatic rings. The first-order valence-electron chi connectivity index (χ1n) is 6.95. The molecule has 0 saturated heterocycles. The maximum Gasteiger partial charge on any atom is 0.123 e. The van der Waals surface area contributed by atoms with Gasteiger partial charge >= 0.3 is 0 Å². The third kappa shape index (κ3) is 4.75. The van der Waals surface area contributed by atoms with Crippen molar-refractivity contribution in [3.63, 3.8) is 0 Å². The molecular formula is C16H27NO2. The molecule has 0 bridgehead atoms. The van der Waals surface area contributed by atoms with Gasteiger partial charge in [-0.1, -0.05) is 13.8 Å². The zero-order valence-electron chi connectivity index (χ0n) is 13.0. The maximum absolute atomic E-state index is 5.43. The summed E-state index contributed by atoms with van der Waals surface area (Å²) in [5.41, 5.74) is 1.14. The number of ether oxygens (including phenoxy) is 2. The van der Waals surface area contributed by atoms with Crippen LogP contribution in [-0.4, -0.2) is 20.3 Å². The van der Waals surface area contributed by atoms with Crippen LogP contribution in [0.4, 0.5) is 0 Å². The zero-order valence-corrected chi connectivity index (χ0v) is 13.0. The molecule has 1 aromatic carbocycles. The van der Waals surface area contributed by atoms with Crippen molar-refractivity contribution >= 4 is 0 Å². The molecule has 0 spiro atoms. The molecule has 19 heavy (non-hydrogen) atoms. The number of hydrogen-bond acceptors (Lipinski definition) is 3. The van der Waals surface area contributed by atoms with Crippen LogP contribution in [0.2, 0.25) is 0 Å². The predicted octanol–water partition coefficient (Wildman–Crippen LogP) is 3.79. The van der Waals surface area contributed by atoms with Gasteiger partial charge in [0.25, 0.3) is 0 Å². The number of benzene rings is 1. The fourth-order valence-corrected chi connectivity index (χ4v) is 2.47. The molecule has 0 saturated carbocycles. The molecule has 3 heteroatoms. The average molecular weight is 265 g/mol. The van der Waals surface area contributed by atoms with Gasteiger partial charge in [-0.15, -0.1) is 0 Å². The van der Waals surface area contributed by atoms with E-state index < -0.39 is 0 Å². The van der Waals surface area contributed by atoms with Crippen LogP contribution in [0, 0.1) is 5.92 Å². The normalized spacial score (nSPS) is 14.3. The highest BCUT2D eigenvalue weighted by molar-refractivity contribution is 5.42. The Morgan fingerprint density at radius 2 is 1.74 bits per heavy atom. The molecule has 108 valence electrons. The van der Waals surface area contributed by atoms with Gasteiger partial charge in [0.2, 0.25) is 0 Å². The summed E-state index contributed by atoms with van der Waals surface area (Å²) in [6.45, 7) is 8.88. The smallest absolute Gasteiger partial charge is 0.123 e. The van der Waals surface area contributed by atoms with E-state index in [1.54, 1.807) is 14.2 Å². The van der Waals surface area contributed by atoms with E-state index in [1.807, 2.05) is 18.2 Å². The number of rotatable bonds is 7. The topological polar surface area (TPSA) is 30.5 Å². The van der Waals surface area contributed by atoms with Gasteiger partial charge in [-0.25, -0.2) is 0 Å². The monoisotopic (exact) mass is 265 g/mol. The molecule has 3 nitrogen and oxygen atoms in total. The molecule has 2 atom stereocenters. The second-order valence-electron chi connectivity index (χ2n) is 5.53. The lowest BCUT2D eigenvalue weighted by molar-refractivity contribution is 0.374. The Bertz CT molecular complexity index is 390. The first kappa shape index (κ1) is 15.8. The van der Waals surface area contributed by atoms with Gasteiger partial charge < -0.3 is 14.8 Å². The predicted molar refractivity (Wildman–Crippen MR) is 80.0 cm³/mol. The van der Waals surface area contributed by atoms with Gasteiger partial charge in [-0.2, -0.15) is 0 Å². The quantitative estimate of drug-likeness (QED) is 0.813. The average Bonchev–Trinajstić information content (AvgIpc) is 2.36. The van der Waals surface area contributed by atoms with Crippen molar-refractivity contribution in [2.75, 3.05) is 14.2 Å². The first-order chi connectivity index (χ1) is 8.97. The van der Waals surface area contributed by atoms with Crippen molar-refractivity contribution in [3.05, 3.63) is 23.8 Å². The van der Waals surface area contributed by atoms with Gasteiger partial charge in [0.05, 0.1) is 14.2 Å². The Kier molecular flexibility index (Phi) is 6.16. The molecule has 1 rings (SSSR count). The van der Waals surface area contributed by atoms with E-state index in [0.29, 0.717) is 12.0 Å². The number of methoxy groups -OCH3 is 2. The van der Waals surface area contributed by atoms with Gasteiger partial charge in [-0.05, 0) is 44.4 Å². The van der Waals surface area contributed by atoms with Crippen molar-refractivity contribution in [2.24, 2.45) is 5.92 Å². The van der Waals surface area contributed by atoms with E-state index >= 15 is 0 Å². The highest BCUT2D eigenvalue weighted by Crippen LogP contribution is 2.29. The number of hydrogen-bond donors (Lipinski definition) is 1. The van der Waals surface area contributed by atoms with Crippen LogP contribution in [0.5, 0.6) is 11.5 Å². The summed E-state index contributed by atoms with van der Waals surface area (Å²) >= 11 is 0. The molecular weight excluding hydrogens is 238 g/mol. The number of nitrogens with one attached hydrogen (secondary N) is 1. The van der Waals surface area contributed by atoms with Crippen LogP contribution >= 0.6 is 0 Å². The Morgan fingerprint density at radius 3 is 2.26 bits per heavy atom. The van der Waals surface area contributed by atoms with Gasteiger partial charge in [0.1, 0.15) is 11.5 Å². The van der Waals surface area contributed by atoms with Crippen molar-refractivity contribution in [1.82, 2.24) is 5.32 Å². The molecule has 0 radical (unpaired) electrons. The molecule has 0 aliphatic carbocycles. The maximum atomic E-state index is 5.43. The molecule has 0 amide bonds. The summed E-state index contributed by atoms with van der Waals surface area (Å²) in [7, 11) is 3.39. The van der Waals surface area contributed by atoms with Crippen LogP contribution in [-0.2, 0) is 0 Å². The summed E-state index contributed by atoms with van der Waals surface area (Å²) in [5, 5.41) is 3.62. The minimum Gasteiger partial charge on any atom is -0.497 e. The minimum absolute atomic E-state index is 0.235. The first-order valence-corrected chi connectivity index (χ1v) is 6.95. The van der Waals surface area contributed by atoms with E-state index in [4.69, 9.17) is 9.47 Å². The SMILES string of the molecule is COc1ccc(OC)c(C(C)NC(C)CC(C)C)c1. The van der Waals surface area contributed by atoms with Crippen molar-refractivity contribution in [1.29, 1.82) is 0 Å². The standard InChI is InChI=1S/C16H27NO2/c1-11(2)9-12(3)17-13(4)15-10-14(18-5)7-8-16(15)19-6/h7-8,10-13,17H,9H2,1-6H3. The van der Waals surface area contributed by atoms with Crippen molar-refractivity contribution in [3.8, 4) is 11.5 Å². The summed E-state index contributed by atoms with van der Waals surface area (Å²) in [6, 6.07) is 6.63. The summed E-state index contributed by atoms with van der Waals surface area (Å²) in [5.74, 6) is 2.46. The fraction of sp³-hybridized carbons (Fsp3) is 0.625. The Morgan fingerprint density at radius 1 is 1.05 bits per heavy atom. The molecule has 2 unspecified atom stereocenters. The second-order valence-corrected chi connectivity index (χ2v) is 5.53. The Balaban J connectivity index is 2.82. The van der Waals surface area contributed by atoms with Crippen LogP contribution in [0.1, 0.15) is 45.7 Å². The minimum atomic E-state index is 0.235. The van der Waals surface area contributed by atoms with E-state index in [-0.39, 0.29) is 6.04 Å². The molecule has 0 aliphatic heterocycles. The van der Waals surface area contributed by atoms with Gasteiger partial charge in [0, 0.05) is 17.6 Å². The lowest BCUT2D eigenvalue weighted by Crippen LogP contribution is -2.30. The van der Waals surface area contributed by atoms with Crippen LogP contribution in [0.25, 0.3) is 0 Å². The lowest BCUT2D eigenvalue weighted by atomic mass is 10.0. The zero-order chi connectivity index (χ0) is 14.4. The molecule has 0 fully saturated rings. The third-order valence-corrected chi connectivity index (χ3v) is 3.26. The molecule has 0 aromatic heterocycles.